The molecule has 5 rings (SSSR count). The van der Waals surface area contributed by atoms with E-state index in [0.29, 0.717) is 53.5 Å². The summed E-state index contributed by atoms with van der Waals surface area (Å²) < 4.78 is 24.1. The van der Waals surface area contributed by atoms with Crippen molar-refractivity contribution in [2.75, 3.05) is 20.8 Å². The standard InChI is InChI=1S/C30H25BrN2O7S/c1-5-39-29(36)25-16(2)32-30-33(26(25)19-10-12-23(37-3)21(31)14-19)27(34)24(41-30)15-20-11-13-22(40-20)17-6-8-18(9-7-17)28(35)38-4/h6-15,26H,5H2,1-4H3/b24-15-/t26-/m0/s1. The number of methoxy groups -OCH3 is 2. The van der Waals surface area contributed by atoms with Crippen molar-refractivity contribution in [3.8, 4) is 17.1 Å². The van der Waals surface area contributed by atoms with Gasteiger partial charge in [-0.2, -0.15) is 0 Å². The Balaban J connectivity index is 1.59. The Morgan fingerprint density at radius 2 is 1.85 bits per heavy atom. The number of hydrogen-bond acceptors (Lipinski definition) is 9. The highest BCUT2D eigenvalue weighted by Gasteiger charge is 2.33. The number of rotatable bonds is 7. The van der Waals surface area contributed by atoms with E-state index < -0.39 is 18.0 Å². The Hall–Kier alpha value is -4.22. The van der Waals surface area contributed by atoms with Gasteiger partial charge in [-0.1, -0.05) is 29.5 Å². The maximum atomic E-state index is 13.8. The monoisotopic (exact) mass is 636 g/mol. The second-order valence-electron chi connectivity index (χ2n) is 8.97. The van der Waals surface area contributed by atoms with E-state index in [9.17, 15) is 14.4 Å². The van der Waals surface area contributed by atoms with E-state index in [-0.39, 0.29) is 12.2 Å². The van der Waals surface area contributed by atoms with Crippen LogP contribution in [-0.4, -0.2) is 37.3 Å². The molecule has 0 aliphatic carbocycles. The summed E-state index contributed by atoms with van der Waals surface area (Å²) in [5, 5.41) is 0. The van der Waals surface area contributed by atoms with Gasteiger partial charge in [0.25, 0.3) is 5.56 Å². The molecule has 41 heavy (non-hydrogen) atoms. The van der Waals surface area contributed by atoms with Crippen LogP contribution in [0.2, 0.25) is 0 Å². The number of halogens is 1. The van der Waals surface area contributed by atoms with Crippen LogP contribution in [0, 0.1) is 0 Å². The lowest BCUT2D eigenvalue weighted by Crippen LogP contribution is -2.39. The Labute approximate surface area is 247 Å². The molecule has 4 aromatic rings. The van der Waals surface area contributed by atoms with Gasteiger partial charge in [0, 0.05) is 11.6 Å². The second kappa shape index (κ2) is 11.7. The van der Waals surface area contributed by atoms with Gasteiger partial charge in [0.05, 0.1) is 52.7 Å². The van der Waals surface area contributed by atoms with E-state index in [4.69, 9.17) is 18.6 Å². The Morgan fingerprint density at radius 3 is 2.51 bits per heavy atom. The van der Waals surface area contributed by atoms with Crippen molar-refractivity contribution in [1.82, 2.24) is 4.57 Å². The van der Waals surface area contributed by atoms with Crippen molar-refractivity contribution >= 4 is 45.3 Å². The maximum Gasteiger partial charge on any atom is 0.338 e. The number of furan rings is 1. The van der Waals surface area contributed by atoms with Gasteiger partial charge >= 0.3 is 11.9 Å². The smallest absolute Gasteiger partial charge is 0.338 e. The molecule has 0 saturated carbocycles. The third kappa shape index (κ3) is 5.42. The van der Waals surface area contributed by atoms with E-state index >= 15 is 0 Å². The van der Waals surface area contributed by atoms with Crippen LogP contribution in [-0.2, 0) is 14.3 Å². The minimum Gasteiger partial charge on any atom is -0.496 e. The van der Waals surface area contributed by atoms with Crippen molar-refractivity contribution in [3.05, 3.63) is 107 Å². The molecule has 3 heterocycles. The number of esters is 2. The second-order valence-corrected chi connectivity index (χ2v) is 10.8. The summed E-state index contributed by atoms with van der Waals surface area (Å²) in [6.45, 7) is 3.65. The number of benzene rings is 2. The zero-order chi connectivity index (χ0) is 29.3. The minimum absolute atomic E-state index is 0.186. The minimum atomic E-state index is -0.754. The SMILES string of the molecule is CCOC(=O)C1=C(C)N=c2s/c(=C\c3ccc(-c4ccc(C(=O)OC)cc4)o3)c(=O)n2[C@H]1c1ccc(OC)c(Br)c1. The molecule has 0 fully saturated rings. The van der Waals surface area contributed by atoms with Crippen LogP contribution in [0.4, 0.5) is 0 Å². The van der Waals surface area contributed by atoms with Crippen LogP contribution in [0.5, 0.6) is 5.75 Å². The molecule has 0 amide bonds. The number of allylic oxidation sites excluding steroid dienone is 1. The average Bonchev–Trinajstić information content (AvgIpc) is 3.56. The zero-order valence-corrected chi connectivity index (χ0v) is 25.0. The molecule has 0 bridgehead atoms. The molecule has 1 atom stereocenters. The summed E-state index contributed by atoms with van der Waals surface area (Å²) in [6, 6.07) is 15.0. The fourth-order valence-electron chi connectivity index (χ4n) is 4.56. The molecule has 0 unspecified atom stereocenters. The predicted molar refractivity (Wildman–Crippen MR) is 157 cm³/mol. The molecule has 0 spiro atoms. The molecule has 0 radical (unpaired) electrons. The van der Waals surface area contributed by atoms with Gasteiger partial charge in [0.15, 0.2) is 4.80 Å². The fraction of sp³-hybridized carbons (Fsp3) is 0.200. The molecular weight excluding hydrogens is 612 g/mol. The molecule has 9 nitrogen and oxygen atoms in total. The van der Waals surface area contributed by atoms with Crippen molar-refractivity contribution in [3.63, 3.8) is 0 Å². The van der Waals surface area contributed by atoms with Gasteiger partial charge in [-0.3, -0.25) is 9.36 Å². The maximum absolute atomic E-state index is 13.8. The first kappa shape index (κ1) is 28.3. The van der Waals surface area contributed by atoms with Gasteiger partial charge in [0.1, 0.15) is 17.3 Å². The first-order valence-corrected chi connectivity index (χ1v) is 14.2. The van der Waals surface area contributed by atoms with Gasteiger partial charge in [-0.25, -0.2) is 14.6 Å². The third-order valence-electron chi connectivity index (χ3n) is 6.50. The molecule has 2 aromatic carbocycles. The van der Waals surface area contributed by atoms with Crippen LogP contribution in [0.25, 0.3) is 17.4 Å². The molecule has 1 aliphatic heterocycles. The van der Waals surface area contributed by atoms with Crippen molar-refractivity contribution in [2.45, 2.75) is 19.9 Å². The third-order valence-corrected chi connectivity index (χ3v) is 8.10. The Morgan fingerprint density at radius 1 is 1.10 bits per heavy atom. The molecule has 1 aliphatic rings. The van der Waals surface area contributed by atoms with Gasteiger partial charge < -0.3 is 18.6 Å². The van der Waals surface area contributed by atoms with E-state index in [0.717, 1.165) is 5.56 Å². The lowest BCUT2D eigenvalue weighted by molar-refractivity contribution is -0.139. The summed E-state index contributed by atoms with van der Waals surface area (Å²) in [6.07, 6.45) is 1.65. The molecule has 0 N–H and O–H groups in total. The van der Waals surface area contributed by atoms with Gasteiger partial charge in [-0.15, -0.1) is 0 Å². The molecular formula is C30H25BrN2O7S. The highest BCUT2D eigenvalue weighted by Crippen LogP contribution is 2.35. The zero-order valence-electron chi connectivity index (χ0n) is 22.6. The summed E-state index contributed by atoms with van der Waals surface area (Å²) in [5.41, 5.74) is 2.33. The highest BCUT2D eigenvalue weighted by atomic mass is 79.9. The number of carbonyl (C=O) groups is 2. The highest BCUT2D eigenvalue weighted by molar-refractivity contribution is 9.10. The fourth-order valence-corrected chi connectivity index (χ4v) is 6.15. The summed E-state index contributed by atoms with van der Waals surface area (Å²) in [4.78, 5) is 43.7. The van der Waals surface area contributed by atoms with E-state index in [2.05, 4.69) is 20.9 Å². The first-order valence-electron chi connectivity index (χ1n) is 12.6. The summed E-state index contributed by atoms with van der Waals surface area (Å²) in [7, 11) is 2.89. The van der Waals surface area contributed by atoms with Crippen LogP contribution in [0.3, 0.4) is 0 Å². The Kier molecular flexibility index (Phi) is 8.09. The largest absolute Gasteiger partial charge is 0.496 e. The number of ether oxygens (including phenoxy) is 3. The average molecular weight is 638 g/mol. The lowest BCUT2D eigenvalue weighted by Gasteiger charge is -2.25. The van der Waals surface area contributed by atoms with Crippen LogP contribution < -0.4 is 19.6 Å². The topological polar surface area (TPSA) is 109 Å². The quantitative estimate of drug-likeness (QED) is 0.272. The van der Waals surface area contributed by atoms with Crippen LogP contribution in [0.15, 0.2) is 84.5 Å². The van der Waals surface area contributed by atoms with Crippen molar-refractivity contribution < 1.29 is 28.2 Å². The van der Waals surface area contributed by atoms with Crippen LogP contribution >= 0.6 is 27.3 Å². The Bertz CT molecular complexity index is 1870. The number of carbonyl (C=O) groups excluding carboxylic acids is 2. The number of thiazole rings is 1. The molecule has 210 valence electrons. The number of aromatic nitrogens is 1. The number of hydrogen-bond donors (Lipinski definition) is 0. The predicted octanol–water partition coefficient (Wildman–Crippen LogP) is 4.62. The van der Waals surface area contributed by atoms with E-state index in [1.165, 1.54) is 23.0 Å². The van der Waals surface area contributed by atoms with Gasteiger partial charge in [0.2, 0.25) is 0 Å². The summed E-state index contributed by atoms with van der Waals surface area (Å²) in [5.74, 6) is 0.699. The normalized spacial score (nSPS) is 14.9. The van der Waals surface area contributed by atoms with Gasteiger partial charge in [-0.05, 0) is 71.7 Å². The van der Waals surface area contributed by atoms with Crippen molar-refractivity contribution in [2.24, 2.45) is 4.99 Å². The van der Waals surface area contributed by atoms with Crippen LogP contribution in [0.1, 0.15) is 41.6 Å². The lowest BCUT2D eigenvalue weighted by atomic mass is 9.96. The number of fused-ring (bicyclic) bond motifs is 1. The molecule has 2 aromatic heterocycles. The molecule has 0 saturated heterocycles. The van der Waals surface area contributed by atoms with E-state index in [1.54, 1.807) is 69.5 Å². The summed E-state index contributed by atoms with van der Waals surface area (Å²) >= 11 is 4.72. The van der Waals surface area contributed by atoms with Crippen molar-refractivity contribution in [1.29, 1.82) is 0 Å². The van der Waals surface area contributed by atoms with E-state index in [1.807, 2.05) is 12.1 Å². The first-order chi connectivity index (χ1) is 19.7. The molecule has 11 heteroatoms. The number of nitrogens with zero attached hydrogens (tertiary/aromatic N) is 2.